The fourth-order valence-corrected chi connectivity index (χ4v) is 1.08. The molecule has 0 aromatic rings. The molecule has 1 aliphatic heterocycles. The van der Waals surface area contributed by atoms with Crippen LogP contribution in [-0.4, -0.2) is 30.3 Å². The van der Waals surface area contributed by atoms with E-state index in [9.17, 15) is 4.79 Å². The summed E-state index contributed by atoms with van der Waals surface area (Å²) in [5, 5.41) is 8.34. The van der Waals surface area contributed by atoms with Gasteiger partial charge in [-0.1, -0.05) is 13.8 Å². The summed E-state index contributed by atoms with van der Waals surface area (Å²) in [5.41, 5.74) is 0. The Morgan fingerprint density at radius 2 is 2.46 bits per heavy atom. The molecule has 4 heteroatoms. The second-order valence-corrected chi connectivity index (χ2v) is 3.64. The summed E-state index contributed by atoms with van der Waals surface area (Å²) in [7, 11) is 0. The fraction of sp³-hybridized carbons (Fsp3) is 0.778. The molecule has 1 aliphatic rings. The van der Waals surface area contributed by atoms with Crippen LogP contribution in [0.15, 0.2) is 5.10 Å². The number of nitrogens with zero attached hydrogens (tertiary/aromatic N) is 2. The van der Waals surface area contributed by atoms with E-state index in [4.69, 9.17) is 0 Å². The number of hydrogen-bond acceptors (Lipinski definition) is 2. The Balaban J connectivity index is 2.33. The summed E-state index contributed by atoms with van der Waals surface area (Å²) in [5.74, 6) is 0.594. The minimum absolute atomic E-state index is 0.0775. The molecule has 0 saturated carbocycles. The average molecular weight is 183 g/mol. The van der Waals surface area contributed by atoms with Crippen LogP contribution >= 0.6 is 0 Å². The van der Waals surface area contributed by atoms with E-state index in [1.807, 2.05) is 6.21 Å². The molecule has 1 saturated heterocycles. The Hall–Kier alpha value is -1.06. The zero-order valence-electron chi connectivity index (χ0n) is 8.29. The number of carbonyl (C=O) groups excluding carboxylic acids is 1. The first-order valence-corrected chi connectivity index (χ1v) is 4.78. The lowest BCUT2D eigenvalue weighted by Gasteiger charge is -2.22. The first-order valence-electron chi connectivity index (χ1n) is 4.78. The maximum atomic E-state index is 11.2. The number of amides is 2. The summed E-state index contributed by atoms with van der Waals surface area (Å²) < 4.78 is 0. The third-order valence-corrected chi connectivity index (χ3v) is 1.86. The van der Waals surface area contributed by atoms with Crippen LogP contribution < -0.4 is 5.32 Å². The lowest BCUT2D eigenvalue weighted by atomic mass is 10.2. The van der Waals surface area contributed by atoms with Crippen molar-refractivity contribution in [3.8, 4) is 0 Å². The first kappa shape index (κ1) is 10.0. The molecule has 2 amide bonds. The first-order chi connectivity index (χ1) is 6.20. The molecule has 0 atom stereocenters. The van der Waals surface area contributed by atoms with Crippen LogP contribution in [-0.2, 0) is 0 Å². The van der Waals surface area contributed by atoms with Gasteiger partial charge in [0.15, 0.2) is 0 Å². The van der Waals surface area contributed by atoms with Gasteiger partial charge in [0.05, 0.1) is 0 Å². The highest BCUT2D eigenvalue weighted by molar-refractivity contribution is 5.75. The predicted octanol–water partition coefficient (Wildman–Crippen LogP) is 1.43. The number of nitrogens with one attached hydrogen (secondary N) is 1. The van der Waals surface area contributed by atoms with Crippen molar-refractivity contribution in [3.63, 3.8) is 0 Å². The van der Waals surface area contributed by atoms with Gasteiger partial charge in [-0.3, -0.25) is 0 Å². The Morgan fingerprint density at radius 1 is 1.69 bits per heavy atom. The topological polar surface area (TPSA) is 44.7 Å². The van der Waals surface area contributed by atoms with Crippen LogP contribution in [0.5, 0.6) is 0 Å². The Labute approximate surface area is 79.0 Å². The van der Waals surface area contributed by atoms with E-state index in [1.54, 1.807) is 0 Å². The Morgan fingerprint density at radius 3 is 3.08 bits per heavy atom. The Kier molecular flexibility index (Phi) is 3.73. The van der Waals surface area contributed by atoms with Crippen molar-refractivity contribution in [2.75, 3.05) is 13.1 Å². The average Bonchev–Trinajstić information content (AvgIpc) is 2.08. The molecule has 0 radical (unpaired) electrons. The van der Waals surface area contributed by atoms with E-state index in [-0.39, 0.29) is 6.03 Å². The van der Waals surface area contributed by atoms with Gasteiger partial charge in [0.1, 0.15) is 0 Å². The lowest BCUT2D eigenvalue weighted by Crippen LogP contribution is -2.43. The van der Waals surface area contributed by atoms with E-state index in [1.165, 1.54) is 5.01 Å². The summed E-state index contributed by atoms with van der Waals surface area (Å²) in [4.78, 5) is 11.2. The van der Waals surface area contributed by atoms with Gasteiger partial charge in [-0.15, -0.1) is 0 Å². The molecule has 74 valence electrons. The van der Waals surface area contributed by atoms with Crippen LogP contribution in [0.4, 0.5) is 4.79 Å². The summed E-state index contributed by atoms with van der Waals surface area (Å²) in [6, 6.07) is -0.0775. The summed E-state index contributed by atoms with van der Waals surface area (Å²) in [6.07, 6.45) is 3.71. The van der Waals surface area contributed by atoms with Crippen molar-refractivity contribution in [1.82, 2.24) is 10.3 Å². The number of carbonyl (C=O) groups is 1. The number of urea groups is 1. The maximum Gasteiger partial charge on any atom is 0.337 e. The van der Waals surface area contributed by atoms with Crippen molar-refractivity contribution >= 4 is 12.2 Å². The molecule has 0 bridgehead atoms. The molecule has 4 nitrogen and oxygen atoms in total. The van der Waals surface area contributed by atoms with Gasteiger partial charge in [0, 0.05) is 19.3 Å². The largest absolute Gasteiger partial charge is 0.337 e. The molecule has 1 fully saturated rings. The highest BCUT2D eigenvalue weighted by Crippen LogP contribution is 2.01. The second kappa shape index (κ2) is 4.84. The predicted molar refractivity (Wildman–Crippen MR) is 52.7 cm³/mol. The van der Waals surface area contributed by atoms with Crippen LogP contribution in [0, 0.1) is 5.92 Å². The SMILES string of the molecule is CC(C)C/C=N/N1CCCNC1=O. The van der Waals surface area contributed by atoms with Crippen LogP contribution in [0.2, 0.25) is 0 Å². The third kappa shape index (κ3) is 3.44. The molecule has 0 aromatic carbocycles. The van der Waals surface area contributed by atoms with Crippen LogP contribution in [0.3, 0.4) is 0 Å². The molecular formula is C9H17N3O. The highest BCUT2D eigenvalue weighted by Gasteiger charge is 2.15. The molecular weight excluding hydrogens is 166 g/mol. The molecule has 1 heterocycles. The highest BCUT2D eigenvalue weighted by atomic mass is 16.2. The number of hydrazone groups is 1. The molecule has 1 rings (SSSR count). The van der Waals surface area contributed by atoms with E-state index in [2.05, 4.69) is 24.3 Å². The number of rotatable bonds is 3. The quantitative estimate of drug-likeness (QED) is 0.661. The maximum absolute atomic E-state index is 11.2. The molecule has 1 N–H and O–H groups in total. The lowest BCUT2D eigenvalue weighted by molar-refractivity contribution is 0.189. The summed E-state index contributed by atoms with van der Waals surface area (Å²) in [6.45, 7) is 5.76. The van der Waals surface area contributed by atoms with Gasteiger partial charge in [0.2, 0.25) is 0 Å². The van der Waals surface area contributed by atoms with Gasteiger partial charge in [-0.2, -0.15) is 5.10 Å². The fourth-order valence-electron chi connectivity index (χ4n) is 1.08. The van der Waals surface area contributed by atoms with Gasteiger partial charge in [0.25, 0.3) is 0 Å². The molecule has 0 aromatic heterocycles. The van der Waals surface area contributed by atoms with Crippen LogP contribution in [0.25, 0.3) is 0 Å². The van der Waals surface area contributed by atoms with E-state index in [0.29, 0.717) is 5.92 Å². The van der Waals surface area contributed by atoms with E-state index >= 15 is 0 Å². The summed E-state index contributed by atoms with van der Waals surface area (Å²) >= 11 is 0. The van der Waals surface area contributed by atoms with Crippen molar-refractivity contribution < 1.29 is 4.79 Å². The normalized spacial score (nSPS) is 18.4. The van der Waals surface area contributed by atoms with Crippen molar-refractivity contribution in [1.29, 1.82) is 0 Å². The third-order valence-electron chi connectivity index (χ3n) is 1.86. The van der Waals surface area contributed by atoms with Crippen molar-refractivity contribution in [2.45, 2.75) is 26.7 Å². The van der Waals surface area contributed by atoms with E-state index in [0.717, 1.165) is 25.9 Å². The minimum Gasteiger partial charge on any atom is -0.336 e. The standard InChI is InChI=1S/C9H17N3O/c1-8(2)4-6-11-12-7-3-5-10-9(12)13/h6,8H,3-5,7H2,1-2H3,(H,10,13)/b11-6+. The van der Waals surface area contributed by atoms with Crippen LogP contribution in [0.1, 0.15) is 26.7 Å². The van der Waals surface area contributed by atoms with Crippen molar-refractivity contribution in [2.24, 2.45) is 11.0 Å². The van der Waals surface area contributed by atoms with E-state index < -0.39 is 0 Å². The van der Waals surface area contributed by atoms with Gasteiger partial charge < -0.3 is 5.32 Å². The minimum atomic E-state index is -0.0775. The van der Waals surface area contributed by atoms with Gasteiger partial charge >= 0.3 is 6.03 Å². The van der Waals surface area contributed by atoms with Gasteiger partial charge in [-0.25, -0.2) is 9.80 Å². The second-order valence-electron chi connectivity index (χ2n) is 3.64. The Bertz CT molecular complexity index is 201. The zero-order valence-corrected chi connectivity index (χ0v) is 8.29. The molecule has 13 heavy (non-hydrogen) atoms. The molecule has 0 unspecified atom stereocenters. The molecule has 0 aliphatic carbocycles. The molecule has 0 spiro atoms. The monoisotopic (exact) mass is 183 g/mol. The smallest absolute Gasteiger partial charge is 0.336 e. The van der Waals surface area contributed by atoms with Crippen molar-refractivity contribution in [3.05, 3.63) is 0 Å². The van der Waals surface area contributed by atoms with Gasteiger partial charge in [-0.05, 0) is 18.8 Å². The zero-order chi connectivity index (χ0) is 9.68. The number of hydrogen-bond donors (Lipinski definition) is 1.